The molecule has 2 bridgehead atoms. The summed E-state index contributed by atoms with van der Waals surface area (Å²) >= 11 is 0. The van der Waals surface area contributed by atoms with Gasteiger partial charge >= 0.3 is 0 Å². The second kappa shape index (κ2) is 6.22. The highest BCUT2D eigenvalue weighted by atomic mass is 14.7. The van der Waals surface area contributed by atoms with Crippen LogP contribution in [0.1, 0.15) is 71.6 Å². The Hall–Kier alpha value is -0.0400. The predicted molar refractivity (Wildman–Crippen MR) is 74.8 cm³/mol. The molecule has 5 unspecified atom stereocenters. The number of rotatable bonds is 7. The molecule has 0 aliphatic heterocycles. The summed E-state index contributed by atoms with van der Waals surface area (Å²) in [7, 11) is 0. The molecular weight excluding hydrogens is 206 g/mol. The van der Waals surface area contributed by atoms with Crippen molar-refractivity contribution < 1.29 is 0 Å². The van der Waals surface area contributed by atoms with E-state index in [4.69, 9.17) is 5.73 Å². The number of fused-ring (bicyclic) bond motifs is 2. The van der Waals surface area contributed by atoms with Crippen LogP contribution in [-0.2, 0) is 0 Å². The maximum absolute atomic E-state index is 6.51. The minimum atomic E-state index is 0.507. The molecule has 0 spiro atoms. The van der Waals surface area contributed by atoms with Crippen LogP contribution in [0.3, 0.4) is 0 Å². The van der Waals surface area contributed by atoms with E-state index in [2.05, 4.69) is 13.8 Å². The van der Waals surface area contributed by atoms with Crippen LogP contribution in [0.5, 0.6) is 0 Å². The molecule has 0 heterocycles. The van der Waals surface area contributed by atoms with E-state index in [-0.39, 0.29) is 0 Å². The van der Waals surface area contributed by atoms with Crippen molar-refractivity contribution in [2.24, 2.45) is 29.4 Å². The van der Waals surface area contributed by atoms with Gasteiger partial charge in [-0.05, 0) is 49.4 Å². The molecule has 2 N–H and O–H groups in total. The van der Waals surface area contributed by atoms with Gasteiger partial charge in [-0.25, -0.2) is 0 Å². The minimum absolute atomic E-state index is 0.507. The van der Waals surface area contributed by atoms with E-state index in [1.165, 1.54) is 57.8 Å². The van der Waals surface area contributed by atoms with Gasteiger partial charge in [0.05, 0.1) is 0 Å². The first-order valence-corrected chi connectivity index (χ1v) is 8.00. The largest absolute Gasteiger partial charge is 0.327 e. The Bertz CT molecular complexity index is 226. The normalized spacial score (nSPS) is 35.1. The number of nitrogens with two attached hydrogens (primary N) is 1. The molecule has 1 heteroatoms. The van der Waals surface area contributed by atoms with E-state index in [0.717, 1.165) is 23.7 Å². The quantitative estimate of drug-likeness (QED) is 0.699. The first kappa shape index (κ1) is 13.4. The fourth-order valence-corrected chi connectivity index (χ4v) is 4.36. The van der Waals surface area contributed by atoms with Gasteiger partial charge < -0.3 is 5.73 Å². The first-order chi connectivity index (χ1) is 8.24. The zero-order chi connectivity index (χ0) is 12.3. The molecule has 17 heavy (non-hydrogen) atoms. The van der Waals surface area contributed by atoms with Gasteiger partial charge in [0.1, 0.15) is 0 Å². The molecule has 0 saturated heterocycles. The monoisotopic (exact) mass is 237 g/mol. The third-order valence-electron chi connectivity index (χ3n) is 5.49. The first-order valence-electron chi connectivity index (χ1n) is 8.00. The van der Waals surface area contributed by atoms with E-state index in [9.17, 15) is 0 Å². The molecule has 1 nitrogen and oxygen atoms in total. The van der Waals surface area contributed by atoms with Gasteiger partial charge in [-0.15, -0.1) is 0 Å². The SMILES string of the molecule is CCCCC(CC)CC(N)C1CC2CCC1C2. The molecule has 5 atom stereocenters. The van der Waals surface area contributed by atoms with E-state index < -0.39 is 0 Å². The number of hydrogen-bond acceptors (Lipinski definition) is 1. The van der Waals surface area contributed by atoms with Crippen LogP contribution in [0, 0.1) is 23.7 Å². The molecule has 2 rings (SSSR count). The molecule has 0 aromatic heterocycles. The fraction of sp³-hybridized carbons (Fsp3) is 1.00. The summed E-state index contributed by atoms with van der Waals surface area (Å²) < 4.78 is 0. The summed E-state index contributed by atoms with van der Waals surface area (Å²) in [5, 5.41) is 0. The lowest BCUT2D eigenvalue weighted by atomic mass is 9.79. The molecule has 0 amide bonds. The van der Waals surface area contributed by atoms with Crippen LogP contribution in [0.2, 0.25) is 0 Å². The van der Waals surface area contributed by atoms with Crippen molar-refractivity contribution >= 4 is 0 Å². The third kappa shape index (κ3) is 3.24. The summed E-state index contributed by atoms with van der Waals surface area (Å²) in [4.78, 5) is 0. The van der Waals surface area contributed by atoms with Gasteiger partial charge in [0.2, 0.25) is 0 Å². The van der Waals surface area contributed by atoms with Crippen LogP contribution in [0.25, 0.3) is 0 Å². The van der Waals surface area contributed by atoms with Crippen LogP contribution in [-0.4, -0.2) is 6.04 Å². The van der Waals surface area contributed by atoms with Crippen LogP contribution >= 0.6 is 0 Å². The second-order valence-electron chi connectivity index (χ2n) is 6.65. The summed E-state index contributed by atoms with van der Waals surface area (Å²) in [6.07, 6.45) is 12.7. The van der Waals surface area contributed by atoms with Gasteiger partial charge in [0.15, 0.2) is 0 Å². The molecule has 0 aromatic rings. The Labute approximate surface area is 108 Å². The van der Waals surface area contributed by atoms with Crippen molar-refractivity contribution in [3.05, 3.63) is 0 Å². The molecule has 2 saturated carbocycles. The Morgan fingerprint density at radius 1 is 1.18 bits per heavy atom. The summed E-state index contributed by atoms with van der Waals surface area (Å²) in [6, 6.07) is 0.507. The van der Waals surface area contributed by atoms with E-state index in [1.54, 1.807) is 0 Å². The molecule has 0 radical (unpaired) electrons. The maximum Gasteiger partial charge on any atom is 0.00725 e. The topological polar surface area (TPSA) is 26.0 Å². The summed E-state index contributed by atoms with van der Waals surface area (Å²) in [5.74, 6) is 3.82. The van der Waals surface area contributed by atoms with Gasteiger partial charge in [0, 0.05) is 6.04 Å². The lowest BCUT2D eigenvalue weighted by Crippen LogP contribution is -2.35. The highest BCUT2D eigenvalue weighted by Crippen LogP contribution is 2.50. The number of unbranched alkanes of at least 4 members (excludes halogenated alkanes) is 1. The summed E-state index contributed by atoms with van der Waals surface area (Å²) in [5.41, 5.74) is 6.51. The summed E-state index contributed by atoms with van der Waals surface area (Å²) in [6.45, 7) is 4.64. The minimum Gasteiger partial charge on any atom is -0.327 e. The van der Waals surface area contributed by atoms with Crippen molar-refractivity contribution in [1.82, 2.24) is 0 Å². The lowest BCUT2D eigenvalue weighted by Gasteiger charge is -2.30. The van der Waals surface area contributed by atoms with Crippen LogP contribution in [0.15, 0.2) is 0 Å². The molecule has 0 aromatic carbocycles. The van der Waals surface area contributed by atoms with Gasteiger partial charge in [0.25, 0.3) is 0 Å². The molecule has 100 valence electrons. The molecule has 2 aliphatic rings. The Kier molecular flexibility index (Phi) is 4.90. The average Bonchev–Trinajstić information content (AvgIpc) is 2.96. The Morgan fingerprint density at radius 2 is 2.00 bits per heavy atom. The zero-order valence-corrected chi connectivity index (χ0v) is 11.8. The van der Waals surface area contributed by atoms with Crippen LogP contribution < -0.4 is 5.73 Å². The highest BCUT2D eigenvalue weighted by molar-refractivity contribution is 4.94. The molecular formula is C16H31N. The van der Waals surface area contributed by atoms with Crippen molar-refractivity contribution in [2.45, 2.75) is 77.7 Å². The van der Waals surface area contributed by atoms with Crippen LogP contribution in [0.4, 0.5) is 0 Å². The van der Waals surface area contributed by atoms with E-state index in [0.29, 0.717) is 6.04 Å². The van der Waals surface area contributed by atoms with Crippen molar-refractivity contribution in [3.63, 3.8) is 0 Å². The predicted octanol–water partition coefficient (Wildman–Crippen LogP) is 4.36. The molecule has 2 aliphatic carbocycles. The Balaban J connectivity index is 1.77. The third-order valence-corrected chi connectivity index (χ3v) is 5.49. The standard InChI is InChI=1S/C16H31N/c1-3-5-6-12(4-2)11-16(17)15-10-13-7-8-14(15)9-13/h12-16H,3-11,17H2,1-2H3. The maximum atomic E-state index is 6.51. The smallest absolute Gasteiger partial charge is 0.00725 e. The van der Waals surface area contributed by atoms with Gasteiger partial charge in [-0.3, -0.25) is 0 Å². The van der Waals surface area contributed by atoms with Crippen molar-refractivity contribution in [2.75, 3.05) is 0 Å². The van der Waals surface area contributed by atoms with Crippen molar-refractivity contribution in [3.8, 4) is 0 Å². The zero-order valence-electron chi connectivity index (χ0n) is 11.8. The van der Waals surface area contributed by atoms with E-state index in [1.807, 2.05) is 0 Å². The Morgan fingerprint density at radius 3 is 2.53 bits per heavy atom. The average molecular weight is 237 g/mol. The lowest BCUT2D eigenvalue weighted by molar-refractivity contribution is 0.242. The van der Waals surface area contributed by atoms with E-state index >= 15 is 0 Å². The number of hydrogen-bond donors (Lipinski definition) is 1. The second-order valence-corrected chi connectivity index (χ2v) is 6.65. The fourth-order valence-electron chi connectivity index (χ4n) is 4.36. The van der Waals surface area contributed by atoms with Crippen molar-refractivity contribution in [1.29, 1.82) is 0 Å². The van der Waals surface area contributed by atoms with Gasteiger partial charge in [-0.1, -0.05) is 46.0 Å². The van der Waals surface area contributed by atoms with Gasteiger partial charge in [-0.2, -0.15) is 0 Å². The molecule has 2 fully saturated rings. The highest BCUT2D eigenvalue weighted by Gasteiger charge is 2.42.